The molecule has 1 aliphatic rings. The molecule has 36 heavy (non-hydrogen) atoms. The average Bonchev–Trinajstić information content (AvgIpc) is 3.45. The van der Waals surface area contributed by atoms with Gasteiger partial charge in [-0.15, -0.1) is 11.3 Å². The highest BCUT2D eigenvalue weighted by Crippen LogP contribution is 2.42. The van der Waals surface area contributed by atoms with Crippen LogP contribution in [0, 0.1) is 12.8 Å². The van der Waals surface area contributed by atoms with Crippen molar-refractivity contribution in [3.63, 3.8) is 0 Å². The van der Waals surface area contributed by atoms with Crippen LogP contribution in [0.2, 0.25) is 0 Å². The fourth-order valence-corrected chi connectivity index (χ4v) is 5.70. The van der Waals surface area contributed by atoms with Crippen molar-refractivity contribution in [1.82, 2.24) is 4.90 Å². The molecule has 1 fully saturated rings. The first kappa shape index (κ1) is 24.3. The van der Waals surface area contributed by atoms with Crippen molar-refractivity contribution in [2.75, 3.05) is 26.2 Å². The molecule has 186 valence electrons. The number of ketones is 1. The summed E-state index contributed by atoms with van der Waals surface area (Å²) in [4.78, 5) is 16.4. The van der Waals surface area contributed by atoms with E-state index in [1.807, 2.05) is 55.5 Å². The van der Waals surface area contributed by atoms with Crippen molar-refractivity contribution < 1.29 is 19.4 Å². The molecule has 0 saturated carbocycles. The Morgan fingerprint density at radius 1 is 1.06 bits per heavy atom. The number of rotatable bonds is 9. The summed E-state index contributed by atoms with van der Waals surface area (Å²) < 4.78 is 13.0. The normalized spacial score (nSPS) is 15.9. The summed E-state index contributed by atoms with van der Waals surface area (Å²) in [6.07, 6.45) is 2.30. The molecule has 1 saturated heterocycles. The number of likely N-dealkylation sites (tertiary alicyclic amines) is 1. The molecule has 5 rings (SSSR count). The Balaban J connectivity index is 1.30. The Kier molecular flexibility index (Phi) is 7.25. The highest BCUT2D eigenvalue weighted by molar-refractivity contribution is 7.21. The van der Waals surface area contributed by atoms with Crippen molar-refractivity contribution in [2.45, 2.75) is 26.7 Å². The van der Waals surface area contributed by atoms with Crippen LogP contribution in [-0.2, 0) is 0 Å². The molecule has 3 aromatic carbocycles. The summed E-state index contributed by atoms with van der Waals surface area (Å²) in [7, 11) is 0. The number of thiophene rings is 1. The number of hydrogen-bond donors (Lipinski definition) is 1. The van der Waals surface area contributed by atoms with E-state index in [1.165, 1.54) is 30.8 Å². The van der Waals surface area contributed by atoms with Gasteiger partial charge in [0.1, 0.15) is 22.1 Å². The summed E-state index contributed by atoms with van der Waals surface area (Å²) in [5.41, 5.74) is 1.70. The zero-order valence-electron chi connectivity index (χ0n) is 20.7. The number of aromatic hydroxyl groups is 1. The van der Waals surface area contributed by atoms with Crippen molar-refractivity contribution in [3.8, 4) is 23.0 Å². The number of nitrogens with zero attached hydrogens (tertiary/aromatic N) is 1. The van der Waals surface area contributed by atoms with Crippen molar-refractivity contribution >= 4 is 27.2 Å². The average molecular weight is 502 g/mol. The fourth-order valence-electron chi connectivity index (χ4n) is 4.58. The summed E-state index contributed by atoms with van der Waals surface area (Å²) >= 11 is 1.33. The molecule has 0 radical (unpaired) electrons. The van der Waals surface area contributed by atoms with Gasteiger partial charge in [0.05, 0.1) is 6.61 Å². The van der Waals surface area contributed by atoms with E-state index in [-0.39, 0.29) is 11.5 Å². The van der Waals surface area contributed by atoms with Crippen LogP contribution in [0.5, 0.6) is 23.0 Å². The van der Waals surface area contributed by atoms with Gasteiger partial charge in [0.2, 0.25) is 5.78 Å². The predicted molar refractivity (Wildman–Crippen MR) is 145 cm³/mol. The van der Waals surface area contributed by atoms with Gasteiger partial charge in [-0.25, -0.2) is 0 Å². The molecule has 0 amide bonds. The van der Waals surface area contributed by atoms with Gasteiger partial charge in [-0.1, -0.05) is 36.8 Å². The van der Waals surface area contributed by atoms with Gasteiger partial charge in [-0.3, -0.25) is 4.79 Å². The van der Waals surface area contributed by atoms with Crippen molar-refractivity contribution in [1.29, 1.82) is 0 Å². The lowest BCUT2D eigenvalue weighted by Gasteiger charge is -2.15. The fraction of sp³-hybridized carbons (Fsp3) is 0.300. The minimum absolute atomic E-state index is 0.0990. The lowest BCUT2D eigenvalue weighted by atomic mass is 10.1. The third-order valence-electron chi connectivity index (χ3n) is 6.59. The van der Waals surface area contributed by atoms with Crippen LogP contribution in [0.1, 0.15) is 40.6 Å². The third-order valence-corrected chi connectivity index (χ3v) is 7.72. The Morgan fingerprint density at radius 2 is 1.81 bits per heavy atom. The number of phenolic OH excluding ortho intramolecular Hbond substituents is 1. The Morgan fingerprint density at radius 3 is 2.53 bits per heavy atom. The summed E-state index contributed by atoms with van der Waals surface area (Å²) in [5.74, 6) is 2.79. The highest BCUT2D eigenvalue weighted by Gasteiger charge is 2.22. The minimum Gasteiger partial charge on any atom is -0.508 e. The second kappa shape index (κ2) is 10.7. The van der Waals surface area contributed by atoms with Gasteiger partial charge in [0.25, 0.3) is 0 Å². The number of fused-ring (bicyclic) bond motifs is 1. The van der Waals surface area contributed by atoms with E-state index < -0.39 is 0 Å². The van der Waals surface area contributed by atoms with Gasteiger partial charge < -0.3 is 19.5 Å². The van der Waals surface area contributed by atoms with E-state index in [1.54, 1.807) is 18.2 Å². The smallest absolute Gasteiger partial charge is 0.206 e. The first-order valence-corrected chi connectivity index (χ1v) is 13.3. The molecule has 1 N–H and O–H groups in total. The number of phenols is 1. The van der Waals surface area contributed by atoms with E-state index in [4.69, 9.17) is 9.47 Å². The van der Waals surface area contributed by atoms with Gasteiger partial charge in [0, 0.05) is 28.7 Å². The largest absolute Gasteiger partial charge is 0.508 e. The van der Waals surface area contributed by atoms with Gasteiger partial charge >= 0.3 is 0 Å². The van der Waals surface area contributed by atoms with Crippen LogP contribution in [0.15, 0.2) is 66.7 Å². The van der Waals surface area contributed by atoms with Gasteiger partial charge in [0.15, 0.2) is 5.75 Å². The summed E-state index contributed by atoms with van der Waals surface area (Å²) in [5, 5.41) is 10.8. The molecular formula is C30H31NO4S. The highest BCUT2D eigenvalue weighted by atomic mass is 32.1. The molecule has 5 nitrogen and oxygen atoms in total. The number of ether oxygens (including phenoxy) is 2. The molecule has 1 aliphatic heterocycles. The molecule has 0 spiro atoms. The number of carbonyl (C=O) groups is 1. The first-order valence-electron chi connectivity index (χ1n) is 12.5. The second-order valence-electron chi connectivity index (χ2n) is 9.61. The standard InChI is InChI=1S/C30H31NO4S/c1-20-4-6-22(7-5-20)28(33)30-29(26-13-8-23(32)18-27(26)36-30)35-25-11-9-24(10-12-25)34-17-3-15-31-16-14-21(2)19-31/h4-13,18,21,32H,3,14-17,19H2,1-2H3/t21-/m1/s1. The number of carbonyl (C=O) groups excluding carboxylic acids is 1. The Bertz CT molecular complexity index is 1340. The molecule has 1 aromatic heterocycles. The minimum atomic E-state index is -0.0990. The molecule has 6 heteroatoms. The zero-order valence-corrected chi connectivity index (χ0v) is 21.5. The van der Waals surface area contributed by atoms with Crippen LogP contribution < -0.4 is 9.47 Å². The quantitative estimate of drug-likeness (QED) is 0.197. The van der Waals surface area contributed by atoms with Crippen LogP contribution in [-0.4, -0.2) is 42.0 Å². The maximum absolute atomic E-state index is 13.4. The van der Waals surface area contributed by atoms with E-state index in [0.29, 0.717) is 28.5 Å². The third kappa shape index (κ3) is 5.55. The maximum atomic E-state index is 13.4. The van der Waals surface area contributed by atoms with Crippen LogP contribution in [0.4, 0.5) is 0 Å². The van der Waals surface area contributed by atoms with Crippen LogP contribution >= 0.6 is 11.3 Å². The molecule has 0 aliphatic carbocycles. The van der Waals surface area contributed by atoms with E-state index in [0.717, 1.165) is 40.3 Å². The zero-order chi connectivity index (χ0) is 25.1. The molecule has 0 unspecified atom stereocenters. The Hall–Kier alpha value is -3.35. The molecule has 2 heterocycles. The number of aryl methyl sites for hydroxylation is 1. The molecule has 4 aromatic rings. The molecular weight excluding hydrogens is 470 g/mol. The Labute approximate surface area is 215 Å². The lowest BCUT2D eigenvalue weighted by molar-refractivity contribution is 0.104. The second-order valence-corrected chi connectivity index (χ2v) is 10.7. The van der Waals surface area contributed by atoms with Gasteiger partial charge in [-0.05, 0) is 74.7 Å². The summed E-state index contributed by atoms with van der Waals surface area (Å²) in [6.45, 7) is 8.44. The molecule has 0 bridgehead atoms. The number of benzene rings is 3. The SMILES string of the molecule is Cc1ccc(C(=O)c2sc3cc(O)ccc3c2Oc2ccc(OCCCN3CC[C@@H](C)C3)cc2)cc1. The topological polar surface area (TPSA) is 59.0 Å². The van der Waals surface area contributed by atoms with Gasteiger partial charge in [-0.2, -0.15) is 0 Å². The monoisotopic (exact) mass is 501 g/mol. The van der Waals surface area contributed by atoms with E-state index >= 15 is 0 Å². The van der Waals surface area contributed by atoms with Crippen LogP contribution in [0.25, 0.3) is 10.1 Å². The van der Waals surface area contributed by atoms with Crippen molar-refractivity contribution in [3.05, 3.63) is 82.7 Å². The predicted octanol–water partition coefficient (Wildman–Crippen LogP) is 7.05. The van der Waals surface area contributed by atoms with E-state index in [2.05, 4.69) is 11.8 Å². The van der Waals surface area contributed by atoms with Crippen molar-refractivity contribution in [2.24, 2.45) is 5.92 Å². The lowest BCUT2D eigenvalue weighted by Crippen LogP contribution is -2.22. The number of hydrogen-bond acceptors (Lipinski definition) is 6. The first-order chi connectivity index (χ1) is 17.5. The molecule has 1 atom stereocenters. The van der Waals surface area contributed by atoms with Crippen LogP contribution in [0.3, 0.4) is 0 Å². The van der Waals surface area contributed by atoms with E-state index in [9.17, 15) is 9.90 Å². The maximum Gasteiger partial charge on any atom is 0.206 e. The summed E-state index contributed by atoms with van der Waals surface area (Å²) in [6, 6.07) is 20.1.